The average Bonchev–Trinajstić information content (AvgIpc) is 2.75. The van der Waals surface area contributed by atoms with Crippen molar-refractivity contribution in [1.82, 2.24) is 0 Å². The molecule has 4 nitrogen and oxygen atoms in total. The lowest BCUT2D eigenvalue weighted by Crippen LogP contribution is -2.31. The molecule has 0 fully saturated rings. The summed E-state index contributed by atoms with van der Waals surface area (Å²) >= 11 is 0. The molecule has 0 aliphatic rings. The van der Waals surface area contributed by atoms with E-state index in [1.54, 1.807) is 0 Å². The maximum atomic E-state index is 10.6. The van der Waals surface area contributed by atoms with Gasteiger partial charge in [0.1, 0.15) is 0 Å². The van der Waals surface area contributed by atoms with Crippen LogP contribution in [0.2, 0.25) is 12.1 Å². The highest BCUT2D eigenvalue weighted by atomic mass is 28.2. The van der Waals surface area contributed by atoms with Crippen molar-refractivity contribution in [2.75, 3.05) is 6.61 Å². The lowest BCUT2D eigenvalue weighted by Gasteiger charge is -2.36. The third-order valence-electron chi connectivity index (χ3n) is 4.69. The molecule has 0 unspecified atom stereocenters. The van der Waals surface area contributed by atoms with Gasteiger partial charge in [-0.15, -0.1) is 0 Å². The molecule has 3 aromatic carbocycles. The smallest absolute Gasteiger partial charge is 0.333 e. The van der Waals surface area contributed by atoms with E-state index in [4.69, 9.17) is 10.6 Å². The number of hydrogen-bond acceptors (Lipinski definition) is 3. The van der Waals surface area contributed by atoms with Crippen molar-refractivity contribution in [2.45, 2.75) is 17.5 Å². The van der Waals surface area contributed by atoms with Crippen LogP contribution in [0.4, 0.5) is 4.79 Å². The second kappa shape index (κ2) is 9.87. The highest BCUT2D eigenvalue weighted by molar-refractivity contribution is 6.36. The highest BCUT2D eigenvalue weighted by Crippen LogP contribution is 2.42. The first kappa shape index (κ1) is 19.9. The molecule has 0 aromatic heterocycles. The maximum Gasteiger partial charge on any atom is 0.436 e. The summed E-state index contributed by atoms with van der Waals surface area (Å²) in [6.45, 7) is 0.329. The number of carbonyl (C=O) groups excluding carboxylic acids is 1. The van der Waals surface area contributed by atoms with Crippen molar-refractivity contribution >= 4 is 15.6 Å². The molecular formula is C23H23NO3Si. The van der Waals surface area contributed by atoms with Gasteiger partial charge in [-0.3, -0.25) is 4.89 Å². The molecule has 3 rings (SSSR count). The fraction of sp³-hybridized carbons (Fsp3) is 0.174. The van der Waals surface area contributed by atoms with Crippen LogP contribution in [0, 0.1) is 0 Å². The van der Waals surface area contributed by atoms with Crippen LogP contribution in [0.3, 0.4) is 0 Å². The van der Waals surface area contributed by atoms with Crippen molar-refractivity contribution in [3.63, 3.8) is 0 Å². The maximum absolute atomic E-state index is 10.6. The number of carbonyl (C=O) groups is 1. The molecule has 0 heterocycles. The zero-order valence-corrected chi connectivity index (χ0v) is 16.6. The molecule has 0 aliphatic heterocycles. The molecule has 28 heavy (non-hydrogen) atoms. The van der Waals surface area contributed by atoms with E-state index in [9.17, 15) is 4.79 Å². The van der Waals surface area contributed by atoms with Crippen LogP contribution in [0.15, 0.2) is 91.0 Å². The molecule has 2 N–H and O–H groups in total. The van der Waals surface area contributed by atoms with Gasteiger partial charge < -0.3 is 5.73 Å². The standard InChI is InChI=1S/C23H23NO3Si/c24-22(25)27-26-16-17-28-18-23(19-10-4-1-5-11-19,20-12-6-2-7-13-20)21-14-8-3-9-15-21/h1-15H,16-18H2,(H2,24,25). The van der Waals surface area contributed by atoms with Crippen LogP contribution >= 0.6 is 0 Å². The number of primary amides is 1. The van der Waals surface area contributed by atoms with Crippen molar-refractivity contribution in [3.05, 3.63) is 108 Å². The summed E-state index contributed by atoms with van der Waals surface area (Å²) in [4.78, 5) is 19.9. The predicted molar refractivity (Wildman–Crippen MR) is 111 cm³/mol. The Morgan fingerprint density at radius 3 is 1.61 bits per heavy atom. The van der Waals surface area contributed by atoms with Crippen molar-refractivity contribution < 1.29 is 14.6 Å². The molecular weight excluding hydrogens is 366 g/mol. The second-order valence-corrected chi connectivity index (χ2v) is 7.76. The summed E-state index contributed by atoms with van der Waals surface area (Å²) in [5.74, 6) is 0. The first-order valence-corrected chi connectivity index (χ1v) is 10.6. The van der Waals surface area contributed by atoms with Crippen LogP contribution in [-0.2, 0) is 15.2 Å². The van der Waals surface area contributed by atoms with Gasteiger partial charge in [0.05, 0.1) is 6.61 Å². The molecule has 5 heteroatoms. The average molecular weight is 390 g/mol. The van der Waals surface area contributed by atoms with Gasteiger partial charge in [-0.05, 0) is 28.8 Å². The Labute approximate surface area is 168 Å². The Kier molecular flexibility index (Phi) is 7.00. The summed E-state index contributed by atoms with van der Waals surface area (Å²) in [7, 11) is 0.606. The van der Waals surface area contributed by atoms with Crippen molar-refractivity contribution in [2.24, 2.45) is 5.73 Å². The predicted octanol–water partition coefficient (Wildman–Crippen LogP) is 4.59. The van der Waals surface area contributed by atoms with Crippen LogP contribution < -0.4 is 5.73 Å². The van der Waals surface area contributed by atoms with E-state index in [0.29, 0.717) is 16.1 Å². The monoisotopic (exact) mass is 389 g/mol. The molecule has 142 valence electrons. The summed E-state index contributed by atoms with van der Waals surface area (Å²) in [6, 6.07) is 33.5. The minimum absolute atomic E-state index is 0.257. The van der Waals surface area contributed by atoms with Gasteiger partial charge >= 0.3 is 6.09 Å². The first-order chi connectivity index (χ1) is 13.7. The highest BCUT2D eigenvalue weighted by Gasteiger charge is 2.35. The van der Waals surface area contributed by atoms with Crippen LogP contribution in [0.5, 0.6) is 0 Å². The molecule has 2 radical (unpaired) electrons. The first-order valence-electron chi connectivity index (χ1n) is 9.19. The van der Waals surface area contributed by atoms with Crippen LogP contribution in [0.25, 0.3) is 0 Å². The van der Waals surface area contributed by atoms with Crippen molar-refractivity contribution in [1.29, 1.82) is 0 Å². The van der Waals surface area contributed by atoms with Crippen LogP contribution in [-0.4, -0.2) is 22.2 Å². The zero-order chi connectivity index (χ0) is 19.7. The number of amides is 1. The van der Waals surface area contributed by atoms with Gasteiger partial charge in [0, 0.05) is 14.9 Å². The Bertz CT molecular complexity index is 760. The Balaban J connectivity index is 1.94. The van der Waals surface area contributed by atoms with Gasteiger partial charge in [-0.2, -0.15) is 4.89 Å². The molecule has 0 bridgehead atoms. The Morgan fingerprint density at radius 2 is 1.21 bits per heavy atom. The fourth-order valence-electron chi connectivity index (χ4n) is 3.46. The van der Waals surface area contributed by atoms with E-state index in [0.717, 1.165) is 12.1 Å². The summed E-state index contributed by atoms with van der Waals surface area (Å²) in [5.41, 5.74) is 8.44. The fourth-order valence-corrected chi connectivity index (χ4v) is 4.86. The minimum atomic E-state index is -0.921. The number of nitrogens with two attached hydrogens (primary N) is 1. The van der Waals surface area contributed by atoms with Gasteiger partial charge in [0.2, 0.25) is 0 Å². The van der Waals surface area contributed by atoms with Gasteiger partial charge in [-0.25, -0.2) is 4.79 Å². The van der Waals surface area contributed by atoms with E-state index >= 15 is 0 Å². The quantitative estimate of drug-likeness (QED) is 0.191. The Hall–Kier alpha value is -2.89. The van der Waals surface area contributed by atoms with E-state index in [2.05, 4.69) is 77.7 Å². The summed E-state index contributed by atoms with van der Waals surface area (Å²) in [6.07, 6.45) is -0.921. The number of hydrogen-bond donors (Lipinski definition) is 1. The molecule has 0 atom stereocenters. The Morgan fingerprint density at radius 1 is 0.786 bits per heavy atom. The molecule has 1 amide bonds. The van der Waals surface area contributed by atoms with E-state index in [1.807, 2.05) is 18.2 Å². The topological polar surface area (TPSA) is 61.6 Å². The lowest BCUT2D eigenvalue weighted by molar-refractivity contribution is -0.231. The second-order valence-electron chi connectivity index (χ2n) is 6.40. The third-order valence-corrected chi connectivity index (χ3v) is 6.03. The molecule has 0 saturated carbocycles. The SMILES string of the molecule is NC(=O)OOCC[Si]CC(c1ccccc1)(c1ccccc1)c1ccccc1. The van der Waals surface area contributed by atoms with Gasteiger partial charge in [-0.1, -0.05) is 91.0 Å². The largest absolute Gasteiger partial charge is 0.436 e. The lowest BCUT2D eigenvalue weighted by atomic mass is 9.71. The van der Waals surface area contributed by atoms with E-state index in [-0.39, 0.29) is 5.41 Å². The molecule has 0 saturated heterocycles. The minimum Gasteiger partial charge on any atom is -0.333 e. The summed E-state index contributed by atoms with van der Waals surface area (Å²) in [5, 5.41) is 0. The molecule has 0 aliphatic carbocycles. The number of benzene rings is 3. The van der Waals surface area contributed by atoms with E-state index < -0.39 is 6.09 Å². The van der Waals surface area contributed by atoms with Crippen molar-refractivity contribution in [3.8, 4) is 0 Å². The molecule has 3 aromatic rings. The number of rotatable bonds is 9. The van der Waals surface area contributed by atoms with Gasteiger partial charge in [0.15, 0.2) is 0 Å². The normalized spacial score (nSPS) is 11.1. The van der Waals surface area contributed by atoms with Crippen LogP contribution in [0.1, 0.15) is 16.7 Å². The van der Waals surface area contributed by atoms with Gasteiger partial charge in [0.25, 0.3) is 0 Å². The summed E-state index contributed by atoms with van der Waals surface area (Å²) < 4.78 is 0. The molecule has 0 spiro atoms. The van der Waals surface area contributed by atoms with E-state index in [1.165, 1.54) is 16.7 Å². The zero-order valence-electron chi connectivity index (χ0n) is 15.6. The third kappa shape index (κ3) is 4.68.